The summed E-state index contributed by atoms with van der Waals surface area (Å²) in [6.45, 7) is 1.56. The van der Waals surface area contributed by atoms with E-state index in [9.17, 15) is 9.18 Å². The summed E-state index contributed by atoms with van der Waals surface area (Å²) in [5, 5.41) is 0. The van der Waals surface area contributed by atoms with Gasteiger partial charge in [0, 0.05) is 18.5 Å². The maximum atomic E-state index is 12.9. The highest BCUT2D eigenvalue weighted by molar-refractivity contribution is 5.60. The van der Waals surface area contributed by atoms with Gasteiger partial charge in [0.05, 0.1) is 0 Å². The van der Waals surface area contributed by atoms with Gasteiger partial charge in [-0.2, -0.15) is 0 Å². The van der Waals surface area contributed by atoms with Gasteiger partial charge in [-0.3, -0.25) is 0 Å². The molecule has 0 bridgehead atoms. The molecule has 1 saturated carbocycles. The third-order valence-electron chi connectivity index (χ3n) is 4.05. The predicted octanol–water partition coefficient (Wildman–Crippen LogP) is 3.41. The lowest BCUT2D eigenvalue weighted by Gasteiger charge is -2.35. The summed E-state index contributed by atoms with van der Waals surface area (Å²) >= 11 is 0. The minimum Gasteiger partial charge on any atom is -0.303 e. The van der Waals surface area contributed by atoms with E-state index >= 15 is 0 Å². The fraction of sp³-hybridized carbons (Fsp3) is 0.562. The highest BCUT2D eigenvalue weighted by Crippen LogP contribution is 2.35. The molecule has 0 aromatic heterocycles. The van der Waals surface area contributed by atoms with E-state index in [0.717, 1.165) is 50.6 Å². The van der Waals surface area contributed by atoms with Crippen LogP contribution in [-0.4, -0.2) is 24.8 Å². The molecule has 19 heavy (non-hydrogen) atoms. The largest absolute Gasteiger partial charge is 0.303 e. The number of aldehydes is 1. The molecular formula is C16H22FNO. The summed E-state index contributed by atoms with van der Waals surface area (Å²) in [4.78, 5) is 13.6. The second-order valence-corrected chi connectivity index (χ2v) is 5.84. The standard InChI is InChI=1S/C16H22FNO/c1-18(11-14-5-7-15(17)8-6-14)12-16(13-19)9-3-2-4-10-16/h5-8,13H,2-4,9-12H2,1H3. The van der Waals surface area contributed by atoms with E-state index in [-0.39, 0.29) is 11.2 Å². The molecule has 0 atom stereocenters. The molecule has 2 nitrogen and oxygen atoms in total. The highest BCUT2D eigenvalue weighted by Gasteiger charge is 2.32. The van der Waals surface area contributed by atoms with Crippen LogP contribution >= 0.6 is 0 Å². The van der Waals surface area contributed by atoms with Crippen LogP contribution in [0.1, 0.15) is 37.7 Å². The molecule has 0 unspecified atom stereocenters. The van der Waals surface area contributed by atoms with E-state index in [2.05, 4.69) is 4.90 Å². The van der Waals surface area contributed by atoms with E-state index in [1.54, 1.807) is 12.1 Å². The number of halogens is 1. The van der Waals surface area contributed by atoms with Gasteiger partial charge < -0.3 is 9.69 Å². The molecule has 0 spiro atoms. The minimum absolute atomic E-state index is 0.160. The normalized spacial score (nSPS) is 18.5. The van der Waals surface area contributed by atoms with E-state index in [4.69, 9.17) is 0 Å². The molecule has 0 N–H and O–H groups in total. The van der Waals surface area contributed by atoms with Crippen molar-refractivity contribution in [1.82, 2.24) is 4.90 Å². The summed E-state index contributed by atoms with van der Waals surface area (Å²) in [5.74, 6) is -0.206. The summed E-state index contributed by atoms with van der Waals surface area (Å²) in [6.07, 6.45) is 6.73. The average Bonchev–Trinajstić information content (AvgIpc) is 2.42. The number of hydrogen-bond acceptors (Lipinski definition) is 2. The molecule has 3 heteroatoms. The van der Waals surface area contributed by atoms with Crippen molar-refractivity contribution in [1.29, 1.82) is 0 Å². The van der Waals surface area contributed by atoms with Crippen molar-refractivity contribution < 1.29 is 9.18 Å². The topological polar surface area (TPSA) is 20.3 Å². The SMILES string of the molecule is CN(Cc1ccc(F)cc1)CC1(C=O)CCCCC1. The first-order valence-corrected chi connectivity index (χ1v) is 7.03. The third-order valence-corrected chi connectivity index (χ3v) is 4.05. The summed E-state index contributed by atoms with van der Waals surface area (Å²) in [7, 11) is 2.03. The number of carbonyl (C=O) groups is 1. The van der Waals surface area contributed by atoms with Crippen molar-refractivity contribution >= 4 is 6.29 Å². The van der Waals surface area contributed by atoms with Crippen molar-refractivity contribution in [3.05, 3.63) is 35.6 Å². The van der Waals surface area contributed by atoms with Gasteiger partial charge in [0.2, 0.25) is 0 Å². The highest BCUT2D eigenvalue weighted by atomic mass is 19.1. The number of rotatable bonds is 5. The Kier molecular flexibility index (Phi) is 4.70. The van der Waals surface area contributed by atoms with Gasteiger partial charge in [-0.15, -0.1) is 0 Å². The fourth-order valence-electron chi connectivity index (χ4n) is 3.06. The molecule has 0 saturated heterocycles. The number of nitrogens with zero attached hydrogens (tertiary/aromatic N) is 1. The molecule has 2 rings (SSSR count). The molecule has 0 amide bonds. The van der Waals surface area contributed by atoms with Crippen LogP contribution in [0.15, 0.2) is 24.3 Å². The predicted molar refractivity (Wildman–Crippen MR) is 74.3 cm³/mol. The maximum absolute atomic E-state index is 12.9. The monoisotopic (exact) mass is 263 g/mol. The van der Waals surface area contributed by atoms with Crippen LogP contribution in [0, 0.1) is 11.2 Å². The van der Waals surface area contributed by atoms with Gasteiger partial charge in [0.1, 0.15) is 12.1 Å². The van der Waals surface area contributed by atoms with Gasteiger partial charge in [0.25, 0.3) is 0 Å². The molecular weight excluding hydrogens is 241 g/mol. The second-order valence-electron chi connectivity index (χ2n) is 5.84. The van der Waals surface area contributed by atoms with Crippen LogP contribution in [0.25, 0.3) is 0 Å². The van der Waals surface area contributed by atoms with Gasteiger partial charge in [-0.25, -0.2) is 4.39 Å². The third kappa shape index (κ3) is 3.87. The van der Waals surface area contributed by atoms with Crippen molar-refractivity contribution in [3.63, 3.8) is 0 Å². The Morgan fingerprint density at radius 3 is 2.42 bits per heavy atom. The molecule has 104 valence electrons. The molecule has 0 aliphatic heterocycles. The Morgan fingerprint density at radius 2 is 1.84 bits per heavy atom. The first-order chi connectivity index (χ1) is 9.13. The van der Waals surface area contributed by atoms with Gasteiger partial charge in [0.15, 0.2) is 0 Å². The van der Waals surface area contributed by atoms with Gasteiger partial charge >= 0.3 is 0 Å². The number of carbonyl (C=O) groups excluding carboxylic acids is 1. The lowest BCUT2D eigenvalue weighted by atomic mass is 9.75. The Balaban J connectivity index is 1.94. The number of hydrogen-bond donors (Lipinski definition) is 0. The Bertz CT molecular complexity index is 409. The van der Waals surface area contributed by atoms with Gasteiger partial charge in [-0.05, 0) is 37.6 Å². The average molecular weight is 263 g/mol. The summed E-state index contributed by atoms with van der Waals surface area (Å²) in [6, 6.07) is 6.58. The Labute approximate surface area is 114 Å². The van der Waals surface area contributed by atoms with Crippen molar-refractivity contribution in [2.24, 2.45) is 5.41 Å². The Hall–Kier alpha value is -1.22. The van der Waals surface area contributed by atoms with E-state index in [1.165, 1.54) is 18.6 Å². The molecule has 1 aromatic rings. The zero-order chi connectivity index (χ0) is 13.7. The number of benzene rings is 1. The van der Waals surface area contributed by atoms with E-state index in [0.29, 0.717) is 0 Å². The molecule has 1 aliphatic rings. The molecule has 0 radical (unpaired) electrons. The van der Waals surface area contributed by atoms with Crippen LogP contribution < -0.4 is 0 Å². The van der Waals surface area contributed by atoms with Gasteiger partial charge in [-0.1, -0.05) is 31.4 Å². The molecule has 1 aliphatic carbocycles. The Morgan fingerprint density at radius 1 is 1.21 bits per heavy atom. The van der Waals surface area contributed by atoms with E-state index in [1.807, 2.05) is 7.05 Å². The zero-order valence-electron chi connectivity index (χ0n) is 11.6. The first kappa shape index (κ1) is 14.2. The zero-order valence-corrected chi connectivity index (χ0v) is 11.6. The van der Waals surface area contributed by atoms with Crippen LogP contribution in [-0.2, 0) is 11.3 Å². The minimum atomic E-state index is -0.206. The van der Waals surface area contributed by atoms with E-state index < -0.39 is 0 Å². The van der Waals surface area contributed by atoms with Crippen molar-refractivity contribution in [2.75, 3.05) is 13.6 Å². The maximum Gasteiger partial charge on any atom is 0.127 e. The second kappa shape index (κ2) is 6.29. The fourth-order valence-corrected chi connectivity index (χ4v) is 3.06. The summed E-state index contributed by atoms with van der Waals surface area (Å²) in [5.41, 5.74) is 0.924. The van der Waals surface area contributed by atoms with Crippen LogP contribution in [0.4, 0.5) is 4.39 Å². The van der Waals surface area contributed by atoms with Crippen LogP contribution in [0.3, 0.4) is 0 Å². The molecule has 1 fully saturated rings. The molecule has 1 aromatic carbocycles. The van der Waals surface area contributed by atoms with Crippen LogP contribution in [0.5, 0.6) is 0 Å². The summed E-state index contributed by atoms with van der Waals surface area (Å²) < 4.78 is 12.9. The quantitative estimate of drug-likeness (QED) is 0.759. The van der Waals surface area contributed by atoms with Crippen molar-refractivity contribution in [2.45, 2.75) is 38.6 Å². The lowest BCUT2D eigenvalue weighted by molar-refractivity contribution is -0.119. The molecule has 0 heterocycles. The van der Waals surface area contributed by atoms with Crippen molar-refractivity contribution in [3.8, 4) is 0 Å². The lowest BCUT2D eigenvalue weighted by Crippen LogP contribution is -2.38. The first-order valence-electron chi connectivity index (χ1n) is 7.03. The van der Waals surface area contributed by atoms with Crippen LogP contribution in [0.2, 0.25) is 0 Å². The smallest absolute Gasteiger partial charge is 0.127 e.